The molecule has 3 heteroatoms. The minimum Gasteiger partial charge on any atom is -0.270 e. The summed E-state index contributed by atoms with van der Waals surface area (Å²) in [5.41, 5.74) is 0.889. The number of aliphatic imine (C=N–C) groups is 2. The first-order valence-electron chi connectivity index (χ1n) is 3.47. The van der Waals surface area contributed by atoms with E-state index < -0.39 is 0 Å². The van der Waals surface area contributed by atoms with Gasteiger partial charge in [0.1, 0.15) is 0 Å². The van der Waals surface area contributed by atoms with Gasteiger partial charge in [-0.2, -0.15) is 0 Å². The summed E-state index contributed by atoms with van der Waals surface area (Å²) in [4.78, 5) is 7.71. The Bertz CT molecular complexity index is 318. The van der Waals surface area contributed by atoms with Crippen molar-refractivity contribution in [1.29, 1.82) is 0 Å². The maximum absolute atomic E-state index is 5.79. The number of amidine groups is 1. The van der Waals surface area contributed by atoms with Crippen LogP contribution in [0.4, 0.5) is 0 Å². The lowest BCUT2D eigenvalue weighted by atomic mass is 10.2. The van der Waals surface area contributed by atoms with Crippen LogP contribution in [0.25, 0.3) is 0 Å². The number of hydrogen-bond acceptors (Lipinski definition) is 1. The third-order valence-electron chi connectivity index (χ3n) is 1.44. The van der Waals surface area contributed by atoms with Gasteiger partial charge in [0.2, 0.25) is 0 Å². The molecule has 0 radical (unpaired) electrons. The van der Waals surface area contributed by atoms with E-state index in [0.717, 1.165) is 5.56 Å². The highest BCUT2D eigenvalue weighted by molar-refractivity contribution is 6.31. The van der Waals surface area contributed by atoms with Gasteiger partial charge >= 0.3 is 0 Å². The van der Waals surface area contributed by atoms with E-state index in [0.29, 0.717) is 10.9 Å². The Balaban J connectivity index is 3.10. The second kappa shape index (κ2) is 4.02. The van der Waals surface area contributed by atoms with Crippen molar-refractivity contribution in [3.05, 3.63) is 34.9 Å². The number of benzene rings is 1. The molecule has 2 nitrogen and oxygen atoms in total. The van der Waals surface area contributed by atoms with E-state index in [9.17, 15) is 0 Å². The van der Waals surface area contributed by atoms with Gasteiger partial charge in [0.25, 0.3) is 0 Å². The molecule has 0 spiro atoms. The molecular formula is C9H9ClN2. The van der Waals surface area contributed by atoms with Crippen LogP contribution in [0.5, 0.6) is 0 Å². The molecule has 0 aliphatic rings. The lowest BCUT2D eigenvalue weighted by Gasteiger charge is -1.98. The van der Waals surface area contributed by atoms with Crippen LogP contribution >= 0.6 is 11.6 Å². The van der Waals surface area contributed by atoms with Crippen molar-refractivity contribution in [3.8, 4) is 0 Å². The quantitative estimate of drug-likeness (QED) is 0.469. The van der Waals surface area contributed by atoms with Gasteiger partial charge in [-0.15, -0.1) is 0 Å². The molecule has 0 bridgehead atoms. The molecule has 0 atom stereocenters. The van der Waals surface area contributed by atoms with Crippen LogP contribution in [0, 0.1) is 0 Å². The summed E-state index contributed by atoms with van der Waals surface area (Å²) in [5.74, 6) is 0.609. The SMILES string of the molecule is C=NC(=NC)c1cccc(Cl)c1. The number of nitrogens with zero attached hydrogens (tertiary/aromatic N) is 2. The zero-order valence-electron chi connectivity index (χ0n) is 6.79. The van der Waals surface area contributed by atoms with Crippen LogP contribution in [-0.4, -0.2) is 19.6 Å². The van der Waals surface area contributed by atoms with Crippen molar-refractivity contribution in [2.45, 2.75) is 0 Å². The van der Waals surface area contributed by atoms with Crippen LogP contribution in [0.3, 0.4) is 0 Å². The molecule has 0 amide bonds. The molecule has 0 aliphatic carbocycles. The smallest absolute Gasteiger partial charge is 0.153 e. The molecule has 0 aromatic heterocycles. The van der Waals surface area contributed by atoms with Crippen LogP contribution in [-0.2, 0) is 0 Å². The Kier molecular flexibility index (Phi) is 3.00. The van der Waals surface area contributed by atoms with E-state index in [1.165, 1.54) is 0 Å². The Hall–Kier alpha value is -1.15. The molecule has 0 unspecified atom stereocenters. The minimum absolute atomic E-state index is 0.609. The van der Waals surface area contributed by atoms with E-state index in [1.54, 1.807) is 19.2 Å². The Morgan fingerprint density at radius 3 is 2.75 bits per heavy atom. The summed E-state index contributed by atoms with van der Waals surface area (Å²) in [5, 5.41) is 0.678. The number of rotatable bonds is 1. The molecule has 0 saturated heterocycles. The fourth-order valence-electron chi connectivity index (χ4n) is 0.919. The highest BCUT2D eigenvalue weighted by Crippen LogP contribution is 2.11. The number of halogens is 1. The Morgan fingerprint density at radius 2 is 2.25 bits per heavy atom. The summed E-state index contributed by atoms with van der Waals surface area (Å²) in [7, 11) is 1.67. The predicted octanol–water partition coefficient (Wildman–Crippen LogP) is 2.42. The van der Waals surface area contributed by atoms with Gasteiger partial charge in [0.05, 0.1) is 0 Å². The fourth-order valence-corrected chi connectivity index (χ4v) is 1.11. The van der Waals surface area contributed by atoms with Crippen molar-refractivity contribution >= 4 is 24.2 Å². The second-order valence-corrected chi connectivity index (χ2v) is 2.65. The molecule has 0 fully saturated rings. The Labute approximate surface area is 76.6 Å². The van der Waals surface area contributed by atoms with E-state index in [4.69, 9.17) is 11.6 Å². The van der Waals surface area contributed by atoms with Gasteiger partial charge in [0, 0.05) is 17.6 Å². The topological polar surface area (TPSA) is 24.7 Å². The highest BCUT2D eigenvalue weighted by atomic mass is 35.5. The molecule has 12 heavy (non-hydrogen) atoms. The van der Waals surface area contributed by atoms with E-state index >= 15 is 0 Å². The normalized spacial score (nSPS) is 11.3. The average molecular weight is 181 g/mol. The fraction of sp³-hybridized carbons (Fsp3) is 0.111. The first-order valence-corrected chi connectivity index (χ1v) is 3.85. The van der Waals surface area contributed by atoms with Gasteiger partial charge in [0.15, 0.2) is 5.84 Å². The largest absolute Gasteiger partial charge is 0.270 e. The maximum Gasteiger partial charge on any atom is 0.153 e. The first-order chi connectivity index (χ1) is 5.77. The number of hydrogen-bond donors (Lipinski definition) is 0. The zero-order valence-corrected chi connectivity index (χ0v) is 7.54. The standard InChI is InChI=1S/C9H9ClN2/c1-11-9(12-2)7-4-3-5-8(10)6-7/h3-6H,1H2,2H3. The highest BCUT2D eigenvalue weighted by Gasteiger charge is 1.98. The summed E-state index contributed by atoms with van der Waals surface area (Å²) in [6.45, 7) is 3.41. The van der Waals surface area contributed by atoms with Gasteiger partial charge in [-0.25, -0.2) is 4.99 Å². The summed E-state index contributed by atoms with van der Waals surface area (Å²) < 4.78 is 0. The van der Waals surface area contributed by atoms with Gasteiger partial charge in [-0.05, 0) is 18.9 Å². The van der Waals surface area contributed by atoms with Gasteiger partial charge < -0.3 is 0 Å². The maximum atomic E-state index is 5.79. The van der Waals surface area contributed by atoms with E-state index in [1.807, 2.05) is 12.1 Å². The molecule has 1 aromatic carbocycles. The van der Waals surface area contributed by atoms with E-state index in [-0.39, 0.29) is 0 Å². The summed E-state index contributed by atoms with van der Waals surface area (Å²) >= 11 is 5.79. The van der Waals surface area contributed by atoms with Crippen molar-refractivity contribution in [1.82, 2.24) is 0 Å². The lowest BCUT2D eigenvalue weighted by molar-refractivity contribution is 1.39. The van der Waals surface area contributed by atoms with Crippen LogP contribution in [0.2, 0.25) is 5.02 Å². The van der Waals surface area contributed by atoms with Crippen LogP contribution < -0.4 is 0 Å². The average Bonchev–Trinajstić information content (AvgIpc) is 2.07. The molecule has 0 saturated carbocycles. The molecule has 0 aliphatic heterocycles. The molecule has 0 N–H and O–H groups in total. The molecule has 62 valence electrons. The third-order valence-corrected chi connectivity index (χ3v) is 1.68. The van der Waals surface area contributed by atoms with Crippen LogP contribution in [0.1, 0.15) is 5.56 Å². The summed E-state index contributed by atoms with van der Waals surface area (Å²) in [6.07, 6.45) is 0. The summed E-state index contributed by atoms with van der Waals surface area (Å²) in [6, 6.07) is 7.36. The zero-order chi connectivity index (χ0) is 8.97. The predicted molar refractivity (Wildman–Crippen MR) is 53.5 cm³/mol. The van der Waals surface area contributed by atoms with Gasteiger partial charge in [-0.3, -0.25) is 4.99 Å². The molecular weight excluding hydrogens is 172 g/mol. The van der Waals surface area contributed by atoms with Gasteiger partial charge in [-0.1, -0.05) is 23.7 Å². The second-order valence-electron chi connectivity index (χ2n) is 2.22. The van der Waals surface area contributed by atoms with Crippen molar-refractivity contribution < 1.29 is 0 Å². The van der Waals surface area contributed by atoms with Crippen molar-refractivity contribution in [2.24, 2.45) is 9.98 Å². The first kappa shape index (κ1) is 8.94. The molecule has 0 heterocycles. The van der Waals surface area contributed by atoms with E-state index in [2.05, 4.69) is 16.7 Å². The molecule has 1 rings (SSSR count). The van der Waals surface area contributed by atoms with Crippen LogP contribution in [0.15, 0.2) is 34.3 Å². The molecule has 1 aromatic rings. The van der Waals surface area contributed by atoms with Crippen molar-refractivity contribution in [2.75, 3.05) is 7.05 Å². The Morgan fingerprint density at radius 1 is 1.50 bits per heavy atom. The lowest BCUT2D eigenvalue weighted by Crippen LogP contribution is -1.95. The monoisotopic (exact) mass is 180 g/mol. The van der Waals surface area contributed by atoms with Crippen molar-refractivity contribution in [3.63, 3.8) is 0 Å². The third kappa shape index (κ3) is 1.92. The minimum atomic E-state index is 0.609.